The van der Waals surface area contributed by atoms with Crippen LogP contribution in [0, 0.1) is 11.8 Å². The number of nitrogens with one attached hydrogen (secondary N) is 1. The predicted molar refractivity (Wildman–Crippen MR) is 107 cm³/mol. The maximum Gasteiger partial charge on any atom is 0.453 e. The summed E-state index contributed by atoms with van der Waals surface area (Å²) in [6, 6.07) is 3.12. The lowest BCUT2D eigenvalue weighted by molar-refractivity contribution is -0.146. The van der Waals surface area contributed by atoms with Crippen molar-refractivity contribution < 1.29 is 18.0 Å². The second-order valence-electron chi connectivity index (χ2n) is 7.91. The Hall–Kier alpha value is -2.39. The molecule has 1 N–H and O–H groups in total. The Morgan fingerprint density at radius 2 is 1.97 bits per heavy atom. The van der Waals surface area contributed by atoms with Gasteiger partial charge in [-0.25, -0.2) is 0 Å². The van der Waals surface area contributed by atoms with Crippen LogP contribution in [0.2, 0.25) is 0 Å². The maximum atomic E-state index is 13.1. The number of rotatable bonds is 8. The van der Waals surface area contributed by atoms with Crippen molar-refractivity contribution in [2.75, 3.05) is 24.5 Å². The second kappa shape index (κ2) is 9.61. The van der Waals surface area contributed by atoms with Gasteiger partial charge >= 0.3 is 6.18 Å². The quantitative estimate of drug-likeness (QED) is 0.697. The van der Waals surface area contributed by atoms with Crippen molar-refractivity contribution in [3.8, 4) is 0 Å². The Kier molecular flexibility index (Phi) is 7.14. The van der Waals surface area contributed by atoms with Gasteiger partial charge in [0.25, 0.3) is 5.82 Å². The van der Waals surface area contributed by atoms with Gasteiger partial charge in [-0.3, -0.25) is 4.79 Å². The summed E-state index contributed by atoms with van der Waals surface area (Å²) < 4.78 is 39.9. The molecule has 0 aliphatic carbocycles. The fourth-order valence-electron chi connectivity index (χ4n) is 3.83. The molecule has 0 saturated carbocycles. The molecule has 7 nitrogen and oxygen atoms in total. The molecule has 1 aliphatic heterocycles. The summed E-state index contributed by atoms with van der Waals surface area (Å²) in [6.07, 6.45) is 1.18. The smallest absolute Gasteiger partial charge is 0.356 e. The van der Waals surface area contributed by atoms with Crippen molar-refractivity contribution in [3.05, 3.63) is 18.0 Å². The van der Waals surface area contributed by atoms with E-state index in [4.69, 9.17) is 0 Å². The third-order valence-electron chi connectivity index (χ3n) is 5.80. The molecule has 0 spiro atoms. The summed E-state index contributed by atoms with van der Waals surface area (Å²) in [5.41, 5.74) is 0.0499. The van der Waals surface area contributed by atoms with Gasteiger partial charge in [0.15, 0.2) is 5.65 Å². The van der Waals surface area contributed by atoms with E-state index in [0.29, 0.717) is 44.2 Å². The zero-order valence-corrected chi connectivity index (χ0v) is 17.5. The highest BCUT2D eigenvalue weighted by molar-refractivity contribution is 5.79. The van der Waals surface area contributed by atoms with Crippen LogP contribution in [-0.2, 0) is 11.0 Å². The van der Waals surface area contributed by atoms with Gasteiger partial charge in [0.05, 0.1) is 0 Å². The number of unbranched alkanes of at least 4 members (excludes halogenated alkanes) is 1. The Bertz CT molecular complexity index is 845. The molecule has 3 heterocycles. The minimum atomic E-state index is -4.62. The fourth-order valence-corrected chi connectivity index (χ4v) is 3.83. The summed E-state index contributed by atoms with van der Waals surface area (Å²) in [4.78, 5) is 14.4. The molecule has 10 heteroatoms. The van der Waals surface area contributed by atoms with Crippen LogP contribution in [0.4, 0.5) is 19.0 Å². The van der Waals surface area contributed by atoms with E-state index in [2.05, 4.69) is 34.5 Å². The zero-order chi connectivity index (χ0) is 21.7. The molecule has 3 rings (SSSR count). The third-order valence-corrected chi connectivity index (χ3v) is 5.80. The van der Waals surface area contributed by atoms with E-state index in [9.17, 15) is 18.0 Å². The lowest BCUT2D eigenvalue weighted by Crippen LogP contribution is -2.42. The van der Waals surface area contributed by atoms with E-state index in [1.54, 1.807) is 6.07 Å². The normalized spacial score (nSPS) is 16.8. The van der Waals surface area contributed by atoms with E-state index < -0.39 is 12.0 Å². The first kappa shape index (κ1) is 22.3. The minimum Gasteiger partial charge on any atom is -0.356 e. The van der Waals surface area contributed by atoms with Crippen LogP contribution in [-0.4, -0.2) is 45.4 Å². The monoisotopic (exact) mass is 426 g/mol. The van der Waals surface area contributed by atoms with Crippen molar-refractivity contribution in [3.63, 3.8) is 0 Å². The first-order chi connectivity index (χ1) is 14.3. The van der Waals surface area contributed by atoms with Crippen LogP contribution in [0.25, 0.3) is 5.65 Å². The molecule has 166 valence electrons. The average molecular weight is 426 g/mol. The van der Waals surface area contributed by atoms with Crippen LogP contribution in [0.3, 0.4) is 0 Å². The highest BCUT2D eigenvalue weighted by Crippen LogP contribution is 2.28. The van der Waals surface area contributed by atoms with Gasteiger partial charge in [0, 0.05) is 25.6 Å². The van der Waals surface area contributed by atoms with Gasteiger partial charge in [-0.05, 0) is 37.3 Å². The third kappa shape index (κ3) is 5.20. The fraction of sp³-hybridized carbons (Fsp3) is 0.700. The Morgan fingerprint density at radius 3 is 2.60 bits per heavy atom. The molecule has 0 aromatic carbocycles. The van der Waals surface area contributed by atoms with Gasteiger partial charge in [-0.2, -0.15) is 17.7 Å². The molecule has 1 saturated heterocycles. The van der Waals surface area contributed by atoms with Crippen LogP contribution < -0.4 is 10.2 Å². The van der Waals surface area contributed by atoms with Gasteiger partial charge in [0.1, 0.15) is 5.82 Å². The largest absolute Gasteiger partial charge is 0.453 e. The molecule has 30 heavy (non-hydrogen) atoms. The van der Waals surface area contributed by atoms with Crippen LogP contribution in [0.1, 0.15) is 58.2 Å². The van der Waals surface area contributed by atoms with Crippen molar-refractivity contribution in [2.45, 2.75) is 58.5 Å². The molecule has 2 aromatic rings. The Balaban J connectivity index is 1.57. The lowest BCUT2D eigenvalue weighted by Gasteiger charge is -2.32. The summed E-state index contributed by atoms with van der Waals surface area (Å²) >= 11 is 0. The number of carbonyl (C=O) groups is 1. The number of halogens is 3. The van der Waals surface area contributed by atoms with Gasteiger partial charge in [-0.15, -0.1) is 15.3 Å². The maximum absolute atomic E-state index is 13.1. The summed E-state index contributed by atoms with van der Waals surface area (Å²) in [7, 11) is 0. The first-order valence-electron chi connectivity index (χ1n) is 10.7. The molecule has 1 atom stereocenters. The number of alkyl halides is 3. The van der Waals surface area contributed by atoms with E-state index in [1.807, 2.05) is 4.90 Å². The minimum absolute atomic E-state index is 0.0499. The number of nitrogens with zero attached hydrogens (tertiary/aromatic N) is 5. The number of aromatic nitrogens is 4. The van der Waals surface area contributed by atoms with Crippen molar-refractivity contribution in [1.82, 2.24) is 25.1 Å². The Morgan fingerprint density at radius 1 is 1.23 bits per heavy atom. The molecule has 1 unspecified atom stereocenters. The number of anilines is 1. The Labute approximate surface area is 174 Å². The molecule has 1 fully saturated rings. The highest BCUT2D eigenvalue weighted by atomic mass is 19.4. The van der Waals surface area contributed by atoms with E-state index in [0.717, 1.165) is 23.8 Å². The molecule has 1 aliphatic rings. The van der Waals surface area contributed by atoms with Crippen LogP contribution in [0.5, 0.6) is 0 Å². The van der Waals surface area contributed by atoms with Gasteiger partial charge in [0.2, 0.25) is 5.91 Å². The summed E-state index contributed by atoms with van der Waals surface area (Å²) in [5.74, 6) is -0.198. The second-order valence-corrected chi connectivity index (χ2v) is 7.91. The van der Waals surface area contributed by atoms with Gasteiger partial charge in [-0.1, -0.05) is 33.1 Å². The van der Waals surface area contributed by atoms with E-state index in [-0.39, 0.29) is 17.5 Å². The molecule has 2 aromatic heterocycles. The lowest BCUT2D eigenvalue weighted by atomic mass is 9.94. The molecular formula is C20H29F3N6O. The summed E-state index contributed by atoms with van der Waals surface area (Å²) in [6.45, 7) is 6.15. The van der Waals surface area contributed by atoms with Gasteiger partial charge < -0.3 is 10.2 Å². The molecule has 0 bridgehead atoms. The van der Waals surface area contributed by atoms with Crippen molar-refractivity contribution in [1.29, 1.82) is 0 Å². The van der Waals surface area contributed by atoms with E-state index in [1.165, 1.54) is 12.5 Å². The number of piperidine rings is 1. The number of amides is 1. The van der Waals surface area contributed by atoms with Crippen molar-refractivity contribution in [2.24, 2.45) is 11.8 Å². The topological polar surface area (TPSA) is 75.4 Å². The first-order valence-corrected chi connectivity index (χ1v) is 10.7. The molecular weight excluding hydrogens is 397 g/mol. The van der Waals surface area contributed by atoms with Crippen LogP contribution >= 0.6 is 0 Å². The van der Waals surface area contributed by atoms with Crippen LogP contribution in [0.15, 0.2) is 12.1 Å². The molecule has 0 radical (unpaired) electrons. The average Bonchev–Trinajstić information content (AvgIpc) is 3.17. The number of hydrogen-bond donors (Lipinski definition) is 1. The SMILES string of the molecule is CCCCC(CC)CNC(=O)C1CCN(c2ccc3nnc(C(F)(F)F)n3n2)CC1. The van der Waals surface area contributed by atoms with Crippen molar-refractivity contribution >= 4 is 17.4 Å². The standard InChI is InChI=1S/C20H29F3N6O/c1-3-5-6-14(4-2)13-24-18(30)15-9-11-28(12-10-15)17-8-7-16-25-26-19(20(21,22)23)29(16)27-17/h7-8,14-15H,3-6,9-13H2,1-2H3,(H,24,30). The number of carbonyl (C=O) groups excluding carboxylic acids is 1. The predicted octanol–water partition coefficient (Wildman–Crippen LogP) is 3.69. The molecule has 1 amide bonds. The number of fused-ring (bicyclic) bond motifs is 1. The summed E-state index contributed by atoms with van der Waals surface area (Å²) in [5, 5.41) is 13.9. The zero-order valence-electron chi connectivity index (χ0n) is 17.5. The van der Waals surface area contributed by atoms with E-state index >= 15 is 0 Å². The highest BCUT2D eigenvalue weighted by Gasteiger charge is 2.38. The number of hydrogen-bond acceptors (Lipinski definition) is 5.